The lowest BCUT2D eigenvalue weighted by molar-refractivity contribution is -0.119. The molecule has 1 aromatic rings. The van der Waals surface area contributed by atoms with E-state index in [9.17, 15) is 4.79 Å². The van der Waals surface area contributed by atoms with Crippen LogP contribution >= 0.6 is 11.8 Å². The molecule has 1 aromatic heterocycles. The van der Waals surface area contributed by atoms with E-state index in [1.165, 1.54) is 6.42 Å². The van der Waals surface area contributed by atoms with Crippen LogP contribution < -0.4 is 0 Å². The Bertz CT molecular complexity index is 312. The number of carbonyl (C=O) groups is 1. The fraction of sp³-hybridized carbons (Fsp3) is 0.455. The molecule has 74 valence electrons. The molecule has 2 rings (SSSR count). The summed E-state index contributed by atoms with van der Waals surface area (Å²) < 4.78 is 0. The number of ketones is 1. The minimum atomic E-state index is 0.152. The van der Waals surface area contributed by atoms with Crippen LogP contribution in [-0.4, -0.2) is 16.0 Å². The minimum Gasteiger partial charge on any atom is -0.298 e. The van der Waals surface area contributed by atoms with Gasteiger partial charge in [0, 0.05) is 12.6 Å². The molecule has 0 saturated heterocycles. The highest BCUT2D eigenvalue weighted by molar-refractivity contribution is 8.00. The van der Waals surface area contributed by atoms with Gasteiger partial charge in [-0.05, 0) is 25.0 Å². The highest BCUT2D eigenvalue weighted by Gasteiger charge is 2.23. The number of hydrogen-bond acceptors (Lipinski definition) is 3. The average Bonchev–Trinajstić information content (AvgIpc) is 2.23. The van der Waals surface area contributed by atoms with Crippen molar-refractivity contribution < 1.29 is 4.79 Å². The summed E-state index contributed by atoms with van der Waals surface area (Å²) in [5.41, 5.74) is 0. The van der Waals surface area contributed by atoms with E-state index in [4.69, 9.17) is 0 Å². The first-order valence-corrected chi connectivity index (χ1v) is 5.84. The number of carbonyl (C=O) groups excluding carboxylic acids is 1. The molecule has 1 heterocycles. The minimum absolute atomic E-state index is 0.152. The van der Waals surface area contributed by atoms with Crippen LogP contribution in [0.1, 0.15) is 25.7 Å². The number of thioether (sulfide) groups is 1. The van der Waals surface area contributed by atoms with E-state index in [2.05, 4.69) is 4.98 Å². The van der Waals surface area contributed by atoms with E-state index in [1.54, 1.807) is 18.0 Å². The van der Waals surface area contributed by atoms with Gasteiger partial charge in [-0.1, -0.05) is 24.2 Å². The SMILES string of the molecule is O=C1CCCC[C@H]1Sc1ccccn1. The van der Waals surface area contributed by atoms with Crippen LogP contribution in [0.2, 0.25) is 0 Å². The summed E-state index contributed by atoms with van der Waals surface area (Å²) in [6.07, 6.45) is 5.79. The Morgan fingerprint density at radius 1 is 1.36 bits per heavy atom. The Labute approximate surface area is 88.1 Å². The summed E-state index contributed by atoms with van der Waals surface area (Å²) in [4.78, 5) is 15.8. The number of aromatic nitrogens is 1. The predicted octanol–water partition coefficient (Wildman–Crippen LogP) is 2.69. The summed E-state index contributed by atoms with van der Waals surface area (Å²) in [6, 6.07) is 5.82. The molecule has 14 heavy (non-hydrogen) atoms. The lowest BCUT2D eigenvalue weighted by Crippen LogP contribution is -2.21. The van der Waals surface area contributed by atoms with Crippen molar-refractivity contribution in [3.63, 3.8) is 0 Å². The van der Waals surface area contributed by atoms with Crippen molar-refractivity contribution in [2.45, 2.75) is 36.0 Å². The molecule has 1 fully saturated rings. The maximum atomic E-state index is 11.6. The van der Waals surface area contributed by atoms with Crippen LogP contribution in [-0.2, 0) is 4.79 Å². The van der Waals surface area contributed by atoms with E-state index in [-0.39, 0.29) is 5.25 Å². The Balaban J connectivity index is 2.00. The number of rotatable bonds is 2. The van der Waals surface area contributed by atoms with Crippen molar-refractivity contribution in [1.82, 2.24) is 4.98 Å². The smallest absolute Gasteiger partial charge is 0.146 e. The van der Waals surface area contributed by atoms with Gasteiger partial charge in [0.05, 0.1) is 10.3 Å². The molecule has 1 aliphatic carbocycles. The molecule has 3 heteroatoms. The van der Waals surface area contributed by atoms with E-state index < -0.39 is 0 Å². The monoisotopic (exact) mass is 207 g/mol. The van der Waals surface area contributed by atoms with Crippen LogP contribution in [0.5, 0.6) is 0 Å². The topological polar surface area (TPSA) is 30.0 Å². The van der Waals surface area contributed by atoms with Crippen LogP contribution in [0.3, 0.4) is 0 Å². The van der Waals surface area contributed by atoms with Gasteiger partial charge >= 0.3 is 0 Å². The van der Waals surface area contributed by atoms with E-state index in [1.807, 2.05) is 18.2 Å². The highest BCUT2D eigenvalue weighted by atomic mass is 32.2. The Morgan fingerprint density at radius 2 is 2.29 bits per heavy atom. The summed E-state index contributed by atoms with van der Waals surface area (Å²) in [5, 5.41) is 1.12. The molecule has 0 aromatic carbocycles. The second-order valence-corrected chi connectivity index (χ2v) is 4.71. The zero-order valence-electron chi connectivity index (χ0n) is 7.98. The van der Waals surface area contributed by atoms with E-state index in [0.717, 1.165) is 24.3 Å². The molecule has 1 atom stereocenters. The molecule has 0 aliphatic heterocycles. The van der Waals surface area contributed by atoms with Gasteiger partial charge in [0.25, 0.3) is 0 Å². The van der Waals surface area contributed by atoms with E-state index >= 15 is 0 Å². The van der Waals surface area contributed by atoms with Gasteiger partial charge in [-0.25, -0.2) is 4.98 Å². The zero-order chi connectivity index (χ0) is 9.80. The first-order valence-electron chi connectivity index (χ1n) is 4.96. The van der Waals surface area contributed by atoms with E-state index in [0.29, 0.717) is 5.78 Å². The van der Waals surface area contributed by atoms with Crippen LogP contribution in [0.4, 0.5) is 0 Å². The van der Waals surface area contributed by atoms with Crippen LogP contribution in [0, 0.1) is 0 Å². The molecular weight excluding hydrogens is 194 g/mol. The highest BCUT2D eigenvalue weighted by Crippen LogP contribution is 2.29. The number of nitrogens with zero attached hydrogens (tertiary/aromatic N) is 1. The summed E-state index contributed by atoms with van der Waals surface area (Å²) in [6.45, 7) is 0. The lowest BCUT2D eigenvalue weighted by Gasteiger charge is -2.19. The van der Waals surface area contributed by atoms with Crippen molar-refractivity contribution in [1.29, 1.82) is 0 Å². The molecule has 0 bridgehead atoms. The number of Topliss-reactive ketones (excluding diaryl/α,β-unsaturated/α-hetero) is 1. The quantitative estimate of drug-likeness (QED) is 0.746. The summed E-state index contributed by atoms with van der Waals surface area (Å²) >= 11 is 1.61. The van der Waals surface area contributed by atoms with Gasteiger partial charge in [0.1, 0.15) is 5.78 Å². The first-order chi connectivity index (χ1) is 6.86. The fourth-order valence-corrected chi connectivity index (χ4v) is 2.74. The molecule has 1 saturated carbocycles. The largest absolute Gasteiger partial charge is 0.298 e. The standard InChI is InChI=1S/C11H13NOS/c13-9-5-1-2-6-10(9)14-11-7-3-4-8-12-11/h3-4,7-8,10H,1-2,5-6H2/t10-/m1/s1. The van der Waals surface area contributed by atoms with Gasteiger partial charge in [0.2, 0.25) is 0 Å². The van der Waals surface area contributed by atoms with Crippen molar-refractivity contribution in [3.05, 3.63) is 24.4 Å². The van der Waals surface area contributed by atoms with Crippen molar-refractivity contribution in [2.24, 2.45) is 0 Å². The van der Waals surface area contributed by atoms with Crippen LogP contribution in [0.25, 0.3) is 0 Å². The lowest BCUT2D eigenvalue weighted by atomic mass is 9.99. The molecule has 0 radical (unpaired) electrons. The molecule has 0 amide bonds. The van der Waals surface area contributed by atoms with Gasteiger partial charge in [-0.3, -0.25) is 4.79 Å². The average molecular weight is 207 g/mol. The number of hydrogen-bond donors (Lipinski definition) is 0. The van der Waals surface area contributed by atoms with Gasteiger partial charge in [0.15, 0.2) is 0 Å². The third-order valence-corrected chi connectivity index (χ3v) is 3.67. The van der Waals surface area contributed by atoms with Gasteiger partial charge in [-0.2, -0.15) is 0 Å². The normalized spacial score (nSPS) is 22.3. The zero-order valence-corrected chi connectivity index (χ0v) is 8.80. The Hall–Kier alpha value is -0.830. The molecule has 0 spiro atoms. The van der Waals surface area contributed by atoms with Crippen LogP contribution in [0.15, 0.2) is 29.4 Å². The maximum absolute atomic E-state index is 11.6. The summed E-state index contributed by atoms with van der Waals surface area (Å²) in [7, 11) is 0. The molecular formula is C11H13NOS. The molecule has 0 unspecified atom stereocenters. The Kier molecular flexibility index (Phi) is 3.19. The third-order valence-electron chi connectivity index (χ3n) is 2.40. The predicted molar refractivity (Wildman–Crippen MR) is 57.4 cm³/mol. The number of pyridine rings is 1. The third kappa shape index (κ3) is 2.35. The van der Waals surface area contributed by atoms with Gasteiger partial charge in [-0.15, -0.1) is 0 Å². The fourth-order valence-electron chi connectivity index (χ4n) is 1.64. The summed E-state index contributed by atoms with van der Waals surface area (Å²) in [5.74, 6) is 0.395. The van der Waals surface area contributed by atoms with Gasteiger partial charge < -0.3 is 0 Å². The molecule has 2 nitrogen and oxygen atoms in total. The molecule has 0 N–H and O–H groups in total. The Morgan fingerprint density at radius 3 is 3.00 bits per heavy atom. The second kappa shape index (κ2) is 4.60. The maximum Gasteiger partial charge on any atom is 0.146 e. The first kappa shape index (κ1) is 9.71. The molecule has 1 aliphatic rings. The second-order valence-electron chi connectivity index (χ2n) is 3.49. The van der Waals surface area contributed by atoms with Crippen molar-refractivity contribution in [3.8, 4) is 0 Å². The van der Waals surface area contributed by atoms with Crippen molar-refractivity contribution >= 4 is 17.5 Å². The van der Waals surface area contributed by atoms with Crippen molar-refractivity contribution in [2.75, 3.05) is 0 Å².